The van der Waals surface area contributed by atoms with Crippen molar-refractivity contribution in [3.63, 3.8) is 0 Å². The van der Waals surface area contributed by atoms with Crippen LogP contribution in [0.2, 0.25) is 10.0 Å². The fraction of sp³-hybridized carbons (Fsp3) is 0.0833. The highest BCUT2D eigenvalue weighted by atomic mass is 35.5. The lowest BCUT2D eigenvalue weighted by molar-refractivity contribution is -0.123. The highest BCUT2D eigenvalue weighted by Gasteiger charge is 2.63. The number of rotatable bonds is 3. The van der Waals surface area contributed by atoms with Gasteiger partial charge in [0.05, 0.1) is 12.8 Å². The van der Waals surface area contributed by atoms with Gasteiger partial charge in [-0.05, 0) is 35.9 Å². The number of carbonyl (C=O) groups is 2. The Bertz CT molecular complexity index is 1320. The minimum absolute atomic E-state index is 0.170. The number of nitrogens with one attached hydrogen (secondary N) is 1. The molecular formula is C24H16Cl2N2O4. The summed E-state index contributed by atoms with van der Waals surface area (Å²) in [4.78, 5) is 28.5. The molecule has 2 heterocycles. The van der Waals surface area contributed by atoms with Gasteiger partial charge in [0.1, 0.15) is 5.75 Å². The standard InChI is InChI=1S/C24H16Cl2N2O4/c1-32-19-10-8-15(26)12-18(19)28-22(30)21(29)20(13-5-3-2-4-6-13)24(28)16-9-7-14(25)11-17(16)27-23(24)31/h2-12,29H,1H3,(H,27,31). The maximum absolute atomic E-state index is 13.7. The number of benzene rings is 3. The van der Waals surface area contributed by atoms with Gasteiger partial charge >= 0.3 is 0 Å². The molecule has 0 saturated carbocycles. The third-order valence-corrected chi connectivity index (χ3v) is 6.20. The zero-order chi connectivity index (χ0) is 22.6. The van der Waals surface area contributed by atoms with E-state index in [4.69, 9.17) is 27.9 Å². The topological polar surface area (TPSA) is 78.9 Å². The fourth-order valence-corrected chi connectivity index (χ4v) is 4.81. The summed E-state index contributed by atoms with van der Waals surface area (Å²) in [6.45, 7) is 0. The van der Waals surface area contributed by atoms with Gasteiger partial charge < -0.3 is 15.2 Å². The van der Waals surface area contributed by atoms with E-state index in [1.807, 2.05) is 6.07 Å². The SMILES string of the molecule is COc1ccc(Cl)cc1N1C(=O)C(O)=C(c2ccccc2)C12C(=O)Nc1cc(Cl)ccc12. The van der Waals surface area contributed by atoms with Crippen LogP contribution >= 0.6 is 23.2 Å². The molecule has 1 spiro atoms. The molecule has 0 aliphatic carbocycles. The Morgan fingerprint density at radius 1 is 0.969 bits per heavy atom. The normalized spacial score (nSPS) is 19.5. The first kappa shape index (κ1) is 20.4. The van der Waals surface area contributed by atoms with E-state index < -0.39 is 23.1 Å². The van der Waals surface area contributed by atoms with Crippen molar-refractivity contribution in [2.75, 3.05) is 17.3 Å². The van der Waals surface area contributed by atoms with Crippen molar-refractivity contribution in [3.05, 3.63) is 93.7 Å². The van der Waals surface area contributed by atoms with E-state index in [-0.39, 0.29) is 11.3 Å². The first-order valence-electron chi connectivity index (χ1n) is 9.68. The number of ether oxygens (including phenoxy) is 1. The molecule has 32 heavy (non-hydrogen) atoms. The minimum atomic E-state index is -1.69. The molecule has 8 heteroatoms. The Kier molecular flexibility index (Phi) is 4.65. The summed E-state index contributed by atoms with van der Waals surface area (Å²) in [6, 6.07) is 18.5. The number of aliphatic hydroxyl groups is 1. The summed E-state index contributed by atoms with van der Waals surface area (Å²) in [5.74, 6) is -1.47. The molecule has 0 aromatic heterocycles. The highest BCUT2D eigenvalue weighted by Crippen LogP contribution is 2.57. The Morgan fingerprint density at radius 2 is 1.66 bits per heavy atom. The smallest absolute Gasteiger partial charge is 0.295 e. The molecule has 0 fully saturated rings. The second-order valence-electron chi connectivity index (χ2n) is 7.40. The summed E-state index contributed by atoms with van der Waals surface area (Å²) in [7, 11) is 1.45. The van der Waals surface area contributed by atoms with Gasteiger partial charge in [-0.1, -0.05) is 59.6 Å². The average molecular weight is 467 g/mol. The van der Waals surface area contributed by atoms with Crippen LogP contribution in [0.5, 0.6) is 5.75 Å². The molecule has 2 N–H and O–H groups in total. The molecule has 0 radical (unpaired) electrons. The van der Waals surface area contributed by atoms with Crippen molar-refractivity contribution in [1.82, 2.24) is 0 Å². The molecule has 1 atom stereocenters. The van der Waals surface area contributed by atoms with Gasteiger partial charge in [-0.3, -0.25) is 14.5 Å². The van der Waals surface area contributed by atoms with Gasteiger partial charge in [0.25, 0.3) is 11.8 Å². The number of hydrogen-bond donors (Lipinski definition) is 2. The van der Waals surface area contributed by atoms with Crippen LogP contribution in [0.1, 0.15) is 11.1 Å². The van der Waals surface area contributed by atoms with Crippen molar-refractivity contribution >= 4 is 52.0 Å². The second-order valence-corrected chi connectivity index (χ2v) is 8.27. The number of aliphatic hydroxyl groups excluding tert-OH is 1. The number of halogens is 2. The largest absolute Gasteiger partial charge is 0.503 e. The first-order valence-corrected chi connectivity index (χ1v) is 10.4. The molecule has 6 nitrogen and oxygen atoms in total. The quantitative estimate of drug-likeness (QED) is 0.558. The van der Waals surface area contributed by atoms with Crippen LogP contribution in [-0.2, 0) is 15.1 Å². The average Bonchev–Trinajstić information content (AvgIpc) is 3.19. The molecule has 1 unspecified atom stereocenters. The van der Waals surface area contributed by atoms with Crippen molar-refractivity contribution in [2.24, 2.45) is 0 Å². The van der Waals surface area contributed by atoms with Gasteiger partial charge in [-0.25, -0.2) is 0 Å². The third-order valence-electron chi connectivity index (χ3n) is 5.73. The van der Waals surface area contributed by atoms with E-state index in [1.54, 1.807) is 54.6 Å². The van der Waals surface area contributed by atoms with Crippen molar-refractivity contribution in [2.45, 2.75) is 5.54 Å². The van der Waals surface area contributed by atoms with Crippen LogP contribution in [0.3, 0.4) is 0 Å². The summed E-state index contributed by atoms with van der Waals surface area (Å²) in [5.41, 5.74) is 0.180. The van der Waals surface area contributed by atoms with Gasteiger partial charge in [-0.15, -0.1) is 0 Å². The van der Waals surface area contributed by atoms with Crippen LogP contribution in [0.15, 0.2) is 72.5 Å². The van der Waals surface area contributed by atoms with Crippen LogP contribution in [-0.4, -0.2) is 24.0 Å². The van der Waals surface area contributed by atoms with Gasteiger partial charge in [0.2, 0.25) is 0 Å². The number of fused-ring (bicyclic) bond motifs is 2. The molecule has 0 bridgehead atoms. The lowest BCUT2D eigenvalue weighted by atomic mass is 9.80. The maximum atomic E-state index is 13.7. The lowest BCUT2D eigenvalue weighted by Crippen LogP contribution is -2.50. The van der Waals surface area contributed by atoms with Crippen LogP contribution in [0, 0.1) is 0 Å². The number of hydrogen-bond acceptors (Lipinski definition) is 4. The molecular weight excluding hydrogens is 451 g/mol. The zero-order valence-electron chi connectivity index (χ0n) is 16.7. The monoisotopic (exact) mass is 466 g/mol. The number of amides is 2. The molecule has 160 valence electrons. The predicted molar refractivity (Wildman–Crippen MR) is 123 cm³/mol. The molecule has 5 rings (SSSR count). The van der Waals surface area contributed by atoms with E-state index in [0.29, 0.717) is 32.6 Å². The third kappa shape index (κ3) is 2.66. The Labute approximate surface area is 193 Å². The first-order chi connectivity index (χ1) is 15.4. The maximum Gasteiger partial charge on any atom is 0.295 e. The highest BCUT2D eigenvalue weighted by molar-refractivity contribution is 6.34. The van der Waals surface area contributed by atoms with E-state index in [9.17, 15) is 14.7 Å². The summed E-state index contributed by atoms with van der Waals surface area (Å²) in [6.07, 6.45) is 0. The fourth-order valence-electron chi connectivity index (χ4n) is 4.47. The Hall–Kier alpha value is -3.48. The van der Waals surface area contributed by atoms with Crippen molar-refractivity contribution in [3.8, 4) is 5.75 Å². The molecule has 0 saturated heterocycles. The number of nitrogens with zero attached hydrogens (tertiary/aromatic N) is 1. The van der Waals surface area contributed by atoms with Crippen LogP contribution < -0.4 is 15.0 Å². The summed E-state index contributed by atoms with van der Waals surface area (Å²) >= 11 is 12.4. The summed E-state index contributed by atoms with van der Waals surface area (Å²) < 4.78 is 5.48. The Balaban J connectivity index is 1.89. The molecule has 2 aliphatic heterocycles. The lowest BCUT2D eigenvalue weighted by Gasteiger charge is -2.36. The molecule has 2 amide bonds. The van der Waals surface area contributed by atoms with E-state index in [1.165, 1.54) is 18.1 Å². The second kappa shape index (κ2) is 7.29. The van der Waals surface area contributed by atoms with E-state index in [0.717, 1.165) is 0 Å². The van der Waals surface area contributed by atoms with Gasteiger partial charge in [0.15, 0.2) is 11.3 Å². The molecule has 3 aromatic carbocycles. The van der Waals surface area contributed by atoms with Gasteiger partial charge in [-0.2, -0.15) is 0 Å². The minimum Gasteiger partial charge on any atom is -0.503 e. The Morgan fingerprint density at radius 3 is 2.38 bits per heavy atom. The number of methoxy groups -OCH3 is 1. The van der Waals surface area contributed by atoms with Crippen molar-refractivity contribution in [1.29, 1.82) is 0 Å². The summed E-state index contributed by atoms with van der Waals surface area (Å²) in [5, 5.41) is 14.7. The van der Waals surface area contributed by atoms with Gasteiger partial charge in [0, 0.05) is 26.9 Å². The zero-order valence-corrected chi connectivity index (χ0v) is 18.2. The molecule has 3 aromatic rings. The van der Waals surface area contributed by atoms with E-state index >= 15 is 0 Å². The van der Waals surface area contributed by atoms with E-state index in [2.05, 4.69) is 5.32 Å². The van der Waals surface area contributed by atoms with Crippen LogP contribution in [0.25, 0.3) is 5.57 Å². The predicted octanol–water partition coefficient (Wildman–Crippen LogP) is 5.17. The number of carbonyl (C=O) groups excluding carboxylic acids is 2. The van der Waals surface area contributed by atoms with Crippen molar-refractivity contribution < 1.29 is 19.4 Å². The van der Waals surface area contributed by atoms with Crippen LogP contribution in [0.4, 0.5) is 11.4 Å². The molecule has 2 aliphatic rings. The number of anilines is 2.